The van der Waals surface area contributed by atoms with Crippen LogP contribution in [0.1, 0.15) is 18.1 Å². The Morgan fingerprint density at radius 3 is 2.61 bits per heavy atom. The van der Waals surface area contributed by atoms with Gasteiger partial charge in [0, 0.05) is 24.4 Å². The second kappa shape index (κ2) is 14.0. The molecule has 0 aliphatic heterocycles. The molecule has 0 amide bonds. The molecule has 0 aliphatic carbocycles. The molecule has 7 nitrogen and oxygen atoms in total. The maximum absolute atomic E-state index is 13.9. The summed E-state index contributed by atoms with van der Waals surface area (Å²) in [5, 5.41) is 16.5. The van der Waals surface area contributed by atoms with Crippen LogP contribution in [-0.4, -0.2) is 39.1 Å². The van der Waals surface area contributed by atoms with Gasteiger partial charge in [0.25, 0.3) is 0 Å². The minimum atomic E-state index is -0.321. The maximum atomic E-state index is 13.9. The molecule has 4 rings (SSSR count). The smallest absolute Gasteiger partial charge is 0.214 e. The van der Waals surface area contributed by atoms with Crippen LogP contribution in [0.15, 0.2) is 71.9 Å². The van der Waals surface area contributed by atoms with Crippen molar-refractivity contribution in [3.63, 3.8) is 0 Å². The Bertz CT molecular complexity index is 1250. The lowest BCUT2D eigenvalue weighted by Gasteiger charge is -2.16. The van der Waals surface area contributed by atoms with Crippen LogP contribution in [0.4, 0.5) is 4.39 Å². The summed E-state index contributed by atoms with van der Waals surface area (Å²) in [6.07, 6.45) is 0. The Hall–Kier alpha value is -2.85. The molecular formula is C25H26Cl2FN5O2S. The molecule has 190 valence electrons. The SMILES string of the molecule is CCOc1cc(CNCCSc2nnnn2-c2ccccc2)cc(Cl)c1OCc1ccccc1F.Cl. The lowest BCUT2D eigenvalue weighted by atomic mass is 10.2. The first-order chi connectivity index (χ1) is 17.2. The zero-order valence-electron chi connectivity index (χ0n) is 19.6. The van der Waals surface area contributed by atoms with Gasteiger partial charge >= 0.3 is 0 Å². The first kappa shape index (κ1) is 27.7. The highest BCUT2D eigenvalue weighted by atomic mass is 35.5. The summed E-state index contributed by atoms with van der Waals surface area (Å²) in [5.74, 6) is 1.40. The van der Waals surface area contributed by atoms with E-state index >= 15 is 0 Å². The average molecular weight is 550 g/mol. The molecule has 0 atom stereocenters. The lowest BCUT2D eigenvalue weighted by molar-refractivity contribution is 0.266. The lowest BCUT2D eigenvalue weighted by Crippen LogP contribution is -2.17. The molecule has 1 aromatic heterocycles. The quantitative estimate of drug-likeness (QED) is 0.178. The molecule has 1 heterocycles. The van der Waals surface area contributed by atoms with E-state index < -0.39 is 0 Å². The third-order valence-corrected chi connectivity index (χ3v) is 6.18. The van der Waals surface area contributed by atoms with Crippen molar-refractivity contribution >= 4 is 35.8 Å². The summed E-state index contributed by atoms with van der Waals surface area (Å²) in [6.45, 7) is 3.73. The zero-order chi connectivity index (χ0) is 24.5. The van der Waals surface area contributed by atoms with Gasteiger partial charge in [0.2, 0.25) is 5.16 Å². The van der Waals surface area contributed by atoms with Gasteiger partial charge in [-0.05, 0) is 53.2 Å². The highest BCUT2D eigenvalue weighted by Gasteiger charge is 2.14. The molecule has 0 saturated carbocycles. The number of benzene rings is 3. The number of nitrogens with one attached hydrogen (secondary N) is 1. The predicted molar refractivity (Wildman–Crippen MR) is 142 cm³/mol. The van der Waals surface area contributed by atoms with Crippen LogP contribution in [0.2, 0.25) is 5.02 Å². The summed E-state index contributed by atoms with van der Waals surface area (Å²) in [6, 6.07) is 20.0. The molecule has 4 aromatic rings. The van der Waals surface area contributed by atoms with Gasteiger partial charge in [0.05, 0.1) is 17.3 Å². The number of aromatic nitrogens is 4. The minimum absolute atomic E-state index is 0. The third kappa shape index (κ3) is 7.33. The summed E-state index contributed by atoms with van der Waals surface area (Å²) in [4.78, 5) is 0. The molecule has 0 fully saturated rings. The van der Waals surface area contributed by atoms with Crippen LogP contribution in [-0.2, 0) is 13.2 Å². The van der Waals surface area contributed by atoms with Crippen molar-refractivity contribution < 1.29 is 13.9 Å². The van der Waals surface area contributed by atoms with Gasteiger partial charge in [-0.1, -0.05) is 59.8 Å². The molecule has 0 saturated heterocycles. The second-order valence-electron chi connectivity index (χ2n) is 7.45. The third-order valence-electron chi connectivity index (χ3n) is 4.98. The van der Waals surface area contributed by atoms with Gasteiger partial charge < -0.3 is 14.8 Å². The Morgan fingerprint density at radius 1 is 1.06 bits per heavy atom. The van der Waals surface area contributed by atoms with Crippen molar-refractivity contribution in [1.29, 1.82) is 0 Å². The van der Waals surface area contributed by atoms with Gasteiger partial charge in [-0.15, -0.1) is 17.5 Å². The molecule has 11 heteroatoms. The van der Waals surface area contributed by atoms with Gasteiger partial charge in [-0.2, -0.15) is 4.68 Å². The molecule has 0 bridgehead atoms. The van der Waals surface area contributed by atoms with E-state index in [-0.39, 0.29) is 24.8 Å². The van der Waals surface area contributed by atoms with Crippen molar-refractivity contribution in [1.82, 2.24) is 25.5 Å². The number of para-hydroxylation sites is 1. The summed E-state index contributed by atoms with van der Waals surface area (Å²) in [7, 11) is 0. The Kier molecular flexibility index (Phi) is 10.8. The maximum Gasteiger partial charge on any atom is 0.214 e. The molecular weight excluding hydrogens is 524 g/mol. The molecule has 0 radical (unpaired) electrons. The first-order valence-corrected chi connectivity index (χ1v) is 12.5. The predicted octanol–water partition coefficient (Wildman–Crippen LogP) is 5.74. The van der Waals surface area contributed by atoms with Crippen LogP contribution in [0, 0.1) is 5.82 Å². The van der Waals surface area contributed by atoms with Crippen LogP contribution >= 0.6 is 35.8 Å². The van der Waals surface area contributed by atoms with E-state index in [9.17, 15) is 4.39 Å². The second-order valence-corrected chi connectivity index (χ2v) is 8.92. The number of rotatable bonds is 12. The topological polar surface area (TPSA) is 74.1 Å². The zero-order valence-corrected chi connectivity index (χ0v) is 22.0. The van der Waals surface area contributed by atoms with Crippen molar-refractivity contribution in [2.75, 3.05) is 18.9 Å². The number of halogens is 3. The van der Waals surface area contributed by atoms with E-state index in [1.165, 1.54) is 6.07 Å². The van der Waals surface area contributed by atoms with Gasteiger partial charge in [-0.3, -0.25) is 0 Å². The first-order valence-electron chi connectivity index (χ1n) is 11.1. The van der Waals surface area contributed by atoms with E-state index in [1.54, 1.807) is 34.6 Å². The molecule has 1 N–H and O–H groups in total. The number of thioether (sulfide) groups is 1. The summed E-state index contributed by atoms with van der Waals surface area (Å²) >= 11 is 8.07. The Morgan fingerprint density at radius 2 is 1.83 bits per heavy atom. The van der Waals surface area contributed by atoms with Crippen LogP contribution in [0.3, 0.4) is 0 Å². The Labute approximate surface area is 224 Å². The van der Waals surface area contributed by atoms with E-state index in [0.717, 1.165) is 28.7 Å². The van der Waals surface area contributed by atoms with E-state index in [0.29, 0.717) is 35.2 Å². The summed E-state index contributed by atoms with van der Waals surface area (Å²) < 4.78 is 27.2. The van der Waals surface area contributed by atoms with Crippen molar-refractivity contribution in [3.05, 3.63) is 88.7 Å². The largest absolute Gasteiger partial charge is 0.490 e. The minimum Gasteiger partial charge on any atom is -0.490 e. The van der Waals surface area contributed by atoms with E-state index in [4.69, 9.17) is 21.1 Å². The van der Waals surface area contributed by atoms with Crippen molar-refractivity contribution in [2.45, 2.75) is 25.2 Å². The van der Waals surface area contributed by atoms with E-state index in [1.807, 2.05) is 49.4 Å². The number of tetrazole rings is 1. The number of nitrogens with zero attached hydrogens (tertiary/aromatic N) is 4. The standard InChI is InChI=1S/C25H25ClFN5O2S.ClH/c1-2-33-23-15-18(14-21(26)24(23)34-17-19-8-6-7-11-22(19)27)16-28-12-13-35-25-29-30-31-32(25)20-9-4-3-5-10-20;/h3-11,14-15,28H,2,12-13,16-17H2,1H3;1H. The van der Waals surface area contributed by atoms with Crippen LogP contribution < -0.4 is 14.8 Å². The van der Waals surface area contributed by atoms with Gasteiger partial charge in [0.15, 0.2) is 11.5 Å². The monoisotopic (exact) mass is 549 g/mol. The fraction of sp³-hybridized carbons (Fsp3) is 0.240. The normalized spacial score (nSPS) is 10.6. The molecule has 0 spiro atoms. The molecule has 3 aromatic carbocycles. The number of hydrogen-bond acceptors (Lipinski definition) is 7. The number of ether oxygens (including phenoxy) is 2. The Balaban J connectivity index is 0.00000361. The van der Waals surface area contributed by atoms with Crippen molar-refractivity contribution in [2.24, 2.45) is 0 Å². The van der Waals surface area contributed by atoms with Crippen molar-refractivity contribution in [3.8, 4) is 17.2 Å². The fourth-order valence-electron chi connectivity index (χ4n) is 3.34. The highest BCUT2D eigenvalue weighted by molar-refractivity contribution is 7.99. The van der Waals surface area contributed by atoms with Gasteiger partial charge in [-0.25, -0.2) is 4.39 Å². The molecule has 36 heavy (non-hydrogen) atoms. The van der Waals surface area contributed by atoms with Crippen LogP contribution in [0.25, 0.3) is 5.69 Å². The average Bonchev–Trinajstić information content (AvgIpc) is 3.34. The van der Waals surface area contributed by atoms with E-state index in [2.05, 4.69) is 20.8 Å². The highest BCUT2D eigenvalue weighted by Crippen LogP contribution is 2.37. The number of hydrogen-bond donors (Lipinski definition) is 1. The van der Waals surface area contributed by atoms with Gasteiger partial charge in [0.1, 0.15) is 12.4 Å². The summed E-state index contributed by atoms with van der Waals surface area (Å²) in [5.41, 5.74) is 2.33. The fourth-order valence-corrected chi connectivity index (χ4v) is 4.41. The molecule has 0 aliphatic rings. The molecule has 0 unspecified atom stereocenters. The van der Waals surface area contributed by atoms with Crippen LogP contribution in [0.5, 0.6) is 11.5 Å².